The maximum absolute atomic E-state index is 12.9. The van der Waals surface area contributed by atoms with E-state index >= 15 is 0 Å². The van der Waals surface area contributed by atoms with E-state index in [0.717, 1.165) is 11.3 Å². The number of likely N-dealkylation sites (tertiary alicyclic amines) is 1. The molecule has 25 heavy (non-hydrogen) atoms. The lowest BCUT2D eigenvalue weighted by Crippen LogP contribution is -2.37. The summed E-state index contributed by atoms with van der Waals surface area (Å²) in [7, 11) is 0. The fraction of sp³-hybridized carbons (Fsp3) is 0.389. The molecule has 1 aromatic carbocycles. The second-order valence-corrected chi connectivity index (χ2v) is 6.32. The summed E-state index contributed by atoms with van der Waals surface area (Å²) in [6, 6.07) is 7.81. The molecule has 1 atom stereocenters. The minimum absolute atomic E-state index is 0.00227. The first-order valence-corrected chi connectivity index (χ1v) is 8.31. The van der Waals surface area contributed by atoms with Crippen molar-refractivity contribution in [2.45, 2.75) is 38.9 Å². The van der Waals surface area contributed by atoms with Crippen LogP contribution in [-0.4, -0.2) is 39.1 Å². The Balaban J connectivity index is 1.47. The van der Waals surface area contributed by atoms with E-state index in [1.54, 1.807) is 27.9 Å². The normalized spacial score (nSPS) is 17.1. The van der Waals surface area contributed by atoms with Crippen LogP contribution in [0.25, 0.3) is 0 Å². The molecule has 1 saturated heterocycles. The first-order chi connectivity index (χ1) is 12.0. The third kappa shape index (κ3) is 4.43. The van der Waals surface area contributed by atoms with E-state index in [1.807, 2.05) is 13.0 Å². The molecule has 1 aliphatic heterocycles. The Bertz CT molecular complexity index is 757. The largest absolute Gasteiger partial charge is 0.351 e. The summed E-state index contributed by atoms with van der Waals surface area (Å²) in [6.45, 7) is 3.36. The molecule has 132 valence electrons. The molecule has 6 nitrogen and oxygen atoms in total. The van der Waals surface area contributed by atoms with E-state index in [4.69, 9.17) is 0 Å². The average molecular weight is 344 g/mol. The van der Waals surface area contributed by atoms with Crippen molar-refractivity contribution >= 4 is 11.8 Å². The van der Waals surface area contributed by atoms with Gasteiger partial charge in [-0.1, -0.05) is 12.1 Å². The number of hydrogen-bond acceptors (Lipinski definition) is 3. The number of rotatable bonds is 6. The van der Waals surface area contributed by atoms with Crippen molar-refractivity contribution in [1.82, 2.24) is 20.0 Å². The van der Waals surface area contributed by atoms with Crippen LogP contribution < -0.4 is 5.32 Å². The van der Waals surface area contributed by atoms with Gasteiger partial charge in [-0.3, -0.25) is 14.3 Å². The van der Waals surface area contributed by atoms with Crippen molar-refractivity contribution in [1.29, 1.82) is 0 Å². The van der Waals surface area contributed by atoms with Gasteiger partial charge < -0.3 is 10.2 Å². The highest BCUT2D eigenvalue weighted by atomic mass is 19.1. The monoisotopic (exact) mass is 344 g/mol. The summed E-state index contributed by atoms with van der Waals surface area (Å²) in [5.74, 6) is -0.386. The number of halogens is 1. The van der Waals surface area contributed by atoms with Crippen LogP contribution in [0.1, 0.15) is 24.1 Å². The number of hydrogen-bond donors (Lipinski definition) is 1. The van der Waals surface area contributed by atoms with Crippen LogP contribution in [0, 0.1) is 12.7 Å². The van der Waals surface area contributed by atoms with E-state index < -0.39 is 0 Å². The number of nitrogens with one attached hydrogen (secondary N) is 1. The molecule has 0 spiro atoms. The Hall–Kier alpha value is -2.70. The Kier molecular flexibility index (Phi) is 5.11. The zero-order valence-electron chi connectivity index (χ0n) is 14.1. The van der Waals surface area contributed by atoms with Crippen LogP contribution in [-0.2, 0) is 22.7 Å². The van der Waals surface area contributed by atoms with Gasteiger partial charge in [-0.15, -0.1) is 0 Å². The number of aromatic nitrogens is 2. The summed E-state index contributed by atoms with van der Waals surface area (Å²) < 4.78 is 14.7. The number of benzene rings is 1. The quantitative estimate of drug-likeness (QED) is 0.866. The zero-order valence-corrected chi connectivity index (χ0v) is 14.1. The van der Waals surface area contributed by atoms with E-state index in [9.17, 15) is 14.0 Å². The van der Waals surface area contributed by atoms with E-state index in [0.29, 0.717) is 32.5 Å². The predicted octanol–water partition coefficient (Wildman–Crippen LogP) is 1.64. The molecule has 2 amide bonds. The fourth-order valence-electron chi connectivity index (χ4n) is 2.97. The van der Waals surface area contributed by atoms with Crippen molar-refractivity contribution in [3.63, 3.8) is 0 Å². The highest BCUT2D eigenvalue weighted by molar-refractivity contribution is 5.82. The molecule has 1 aliphatic rings. The summed E-state index contributed by atoms with van der Waals surface area (Å²) in [5, 5.41) is 7.06. The second-order valence-electron chi connectivity index (χ2n) is 6.32. The molecule has 1 fully saturated rings. The molecule has 7 heteroatoms. The van der Waals surface area contributed by atoms with E-state index in [2.05, 4.69) is 10.4 Å². The molecule has 0 saturated carbocycles. The minimum Gasteiger partial charge on any atom is -0.351 e. The number of carbonyl (C=O) groups is 2. The van der Waals surface area contributed by atoms with Crippen LogP contribution in [0.2, 0.25) is 0 Å². The molecule has 0 aliphatic carbocycles. The molecule has 2 heterocycles. The number of carbonyl (C=O) groups excluding carboxylic acids is 2. The van der Waals surface area contributed by atoms with E-state index in [1.165, 1.54) is 12.1 Å². The Morgan fingerprint density at radius 2 is 2.08 bits per heavy atom. The summed E-state index contributed by atoms with van der Waals surface area (Å²) in [6.07, 6.45) is 2.33. The maximum atomic E-state index is 12.9. The Morgan fingerprint density at radius 1 is 1.32 bits per heavy atom. The van der Waals surface area contributed by atoms with Gasteiger partial charge in [-0.05, 0) is 30.7 Å². The topological polar surface area (TPSA) is 67.2 Å². The van der Waals surface area contributed by atoms with E-state index in [-0.39, 0.29) is 23.7 Å². The van der Waals surface area contributed by atoms with Gasteiger partial charge in [0.2, 0.25) is 11.8 Å². The smallest absolute Gasteiger partial charge is 0.225 e. The van der Waals surface area contributed by atoms with Crippen molar-refractivity contribution in [2.24, 2.45) is 0 Å². The summed E-state index contributed by atoms with van der Waals surface area (Å²) >= 11 is 0. The molecular weight excluding hydrogens is 323 g/mol. The molecule has 0 radical (unpaired) electrons. The Labute approximate surface area is 145 Å². The van der Waals surface area contributed by atoms with Gasteiger partial charge in [0.1, 0.15) is 5.82 Å². The standard InChI is InChI=1S/C18H21FN4O2/c1-13-6-8-20-23(13)9-7-17(24)21-16-10-18(25)22(12-16)11-14-2-4-15(19)5-3-14/h2-6,8,16H,7,9-12H2,1H3,(H,21,24). The summed E-state index contributed by atoms with van der Waals surface area (Å²) in [5.41, 5.74) is 1.88. The summed E-state index contributed by atoms with van der Waals surface area (Å²) in [4.78, 5) is 25.9. The molecule has 2 aromatic rings. The first kappa shape index (κ1) is 17.1. The second kappa shape index (κ2) is 7.46. The minimum atomic E-state index is -0.297. The lowest BCUT2D eigenvalue weighted by molar-refractivity contribution is -0.128. The highest BCUT2D eigenvalue weighted by Crippen LogP contribution is 2.15. The Morgan fingerprint density at radius 3 is 2.76 bits per heavy atom. The number of amides is 2. The molecule has 0 bridgehead atoms. The van der Waals surface area contributed by atoms with Crippen LogP contribution in [0.4, 0.5) is 4.39 Å². The average Bonchev–Trinajstić information content (AvgIpc) is 3.13. The molecule has 1 unspecified atom stereocenters. The van der Waals surface area contributed by atoms with Crippen molar-refractivity contribution in [2.75, 3.05) is 6.54 Å². The third-order valence-electron chi connectivity index (χ3n) is 4.35. The highest BCUT2D eigenvalue weighted by Gasteiger charge is 2.30. The van der Waals surface area contributed by atoms with Gasteiger partial charge in [0.15, 0.2) is 0 Å². The van der Waals surface area contributed by atoms with Gasteiger partial charge in [-0.25, -0.2) is 4.39 Å². The van der Waals surface area contributed by atoms with Gasteiger partial charge in [0.05, 0.1) is 6.04 Å². The zero-order chi connectivity index (χ0) is 17.8. The predicted molar refractivity (Wildman–Crippen MR) is 89.9 cm³/mol. The molecule has 1 N–H and O–H groups in total. The van der Waals surface area contributed by atoms with Gasteiger partial charge in [0.25, 0.3) is 0 Å². The lowest BCUT2D eigenvalue weighted by atomic mass is 10.2. The molecule has 3 rings (SSSR count). The number of nitrogens with zero attached hydrogens (tertiary/aromatic N) is 3. The maximum Gasteiger partial charge on any atom is 0.225 e. The lowest BCUT2D eigenvalue weighted by Gasteiger charge is -2.17. The van der Waals surface area contributed by atoms with Gasteiger partial charge in [-0.2, -0.15) is 5.10 Å². The van der Waals surface area contributed by atoms with Crippen LogP contribution in [0.5, 0.6) is 0 Å². The van der Waals surface area contributed by atoms with Crippen LogP contribution in [0.3, 0.4) is 0 Å². The van der Waals surface area contributed by atoms with Crippen molar-refractivity contribution in [3.8, 4) is 0 Å². The molecular formula is C18H21FN4O2. The molecule has 1 aromatic heterocycles. The van der Waals surface area contributed by atoms with Crippen molar-refractivity contribution in [3.05, 3.63) is 53.6 Å². The first-order valence-electron chi connectivity index (χ1n) is 8.31. The fourth-order valence-corrected chi connectivity index (χ4v) is 2.97. The van der Waals surface area contributed by atoms with Crippen LogP contribution >= 0.6 is 0 Å². The van der Waals surface area contributed by atoms with Gasteiger partial charge in [0, 0.05) is 44.4 Å². The van der Waals surface area contributed by atoms with Crippen LogP contribution in [0.15, 0.2) is 36.5 Å². The third-order valence-corrected chi connectivity index (χ3v) is 4.35. The number of aryl methyl sites for hydroxylation is 2. The SMILES string of the molecule is Cc1ccnn1CCC(=O)NC1CC(=O)N(Cc2ccc(F)cc2)C1. The van der Waals surface area contributed by atoms with Gasteiger partial charge >= 0.3 is 0 Å². The van der Waals surface area contributed by atoms with Crippen molar-refractivity contribution < 1.29 is 14.0 Å².